The largest absolute Gasteiger partial charge is 0.337 e. The highest BCUT2D eigenvalue weighted by Crippen LogP contribution is 2.23. The van der Waals surface area contributed by atoms with Crippen LogP contribution in [0.15, 0.2) is 12.7 Å². The van der Waals surface area contributed by atoms with Crippen LogP contribution >= 0.6 is 0 Å². The molecule has 2 aliphatic rings. The predicted octanol–water partition coefficient (Wildman–Crippen LogP) is 1.65. The van der Waals surface area contributed by atoms with E-state index in [2.05, 4.69) is 11.5 Å². The van der Waals surface area contributed by atoms with Gasteiger partial charge in [0.2, 0.25) is 5.91 Å². The third kappa shape index (κ3) is 2.64. The number of amides is 1. The quantitative estimate of drug-likeness (QED) is 0.663. The van der Waals surface area contributed by atoms with E-state index < -0.39 is 0 Å². The Kier molecular flexibility index (Phi) is 3.99. The number of piperazine rings is 1. The summed E-state index contributed by atoms with van der Waals surface area (Å²) in [6, 6.07) is 0.787. The standard InChI is InChI=1S/C13H22N2O/c1-2-13(16)15-10-8-14(9-11-15)12-6-4-3-5-7-12/h2,12H,1,3-11H2. The van der Waals surface area contributed by atoms with Crippen molar-refractivity contribution in [2.75, 3.05) is 26.2 Å². The number of hydrogen-bond acceptors (Lipinski definition) is 2. The van der Waals surface area contributed by atoms with Gasteiger partial charge in [0.25, 0.3) is 0 Å². The monoisotopic (exact) mass is 222 g/mol. The van der Waals surface area contributed by atoms with E-state index in [-0.39, 0.29) is 5.91 Å². The van der Waals surface area contributed by atoms with Crippen molar-refractivity contribution in [2.24, 2.45) is 0 Å². The molecule has 3 heteroatoms. The van der Waals surface area contributed by atoms with Crippen molar-refractivity contribution >= 4 is 5.91 Å². The van der Waals surface area contributed by atoms with Gasteiger partial charge in [-0.05, 0) is 18.9 Å². The molecule has 16 heavy (non-hydrogen) atoms. The number of carbonyl (C=O) groups is 1. The van der Waals surface area contributed by atoms with Gasteiger partial charge >= 0.3 is 0 Å². The molecule has 0 aromatic heterocycles. The summed E-state index contributed by atoms with van der Waals surface area (Å²) in [7, 11) is 0. The third-order valence-electron chi connectivity index (χ3n) is 3.89. The number of carbonyl (C=O) groups excluding carboxylic acids is 1. The zero-order valence-electron chi connectivity index (χ0n) is 10.0. The van der Waals surface area contributed by atoms with Gasteiger partial charge in [-0.25, -0.2) is 0 Å². The molecule has 0 radical (unpaired) electrons. The zero-order valence-corrected chi connectivity index (χ0v) is 10.0. The average Bonchev–Trinajstić information content (AvgIpc) is 2.39. The van der Waals surface area contributed by atoms with Crippen molar-refractivity contribution in [1.82, 2.24) is 9.80 Å². The van der Waals surface area contributed by atoms with Crippen LogP contribution in [-0.4, -0.2) is 47.9 Å². The Hall–Kier alpha value is -0.830. The fraction of sp³-hybridized carbons (Fsp3) is 0.769. The Balaban J connectivity index is 1.80. The SMILES string of the molecule is C=CC(=O)N1CCN(C2CCCCC2)CC1. The maximum Gasteiger partial charge on any atom is 0.246 e. The molecule has 1 heterocycles. The minimum absolute atomic E-state index is 0.0864. The van der Waals surface area contributed by atoms with E-state index in [1.807, 2.05) is 4.90 Å². The fourth-order valence-electron chi connectivity index (χ4n) is 2.88. The molecular formula is C13H22N2O. The maximum absolute atomic E-state index is 11.4. The lowest BCUT2D eigenvalue weighted by Crippen LogP contribution is -2.52. The van der Waals surface area contributed by atoms with Crippen molar-refractivity contribution in [3.05, 3.63) is 12.7 Å². The minimum Gasteiger partial charge on any atom is -0.337 e. The highest BCUT2D eigenvalue weighted by atomic mass is 16.2. The summed E-state index contributed by atoms with van der Waals surface area (Å²) in [5, 5.41) is 0. The molecule has 0 unspecified atom stereocenters. The van der Waals surface area contributed by atoms with Gasteiger partial charge < -0.3 is 4.90 Å². The summed E-state index contributed by atoms with van der Waals surface area (Å²) in [5.41, 5.74) is 0. The van der Waals surface area contributed by atoms with E-state index in [4.69, 9.17) is 0 Å². The minimum atomic E-state index is 0.0864. The van der Waals surface area contributed by atoms with Crippen LogP contribution in [-0.2, 0) is 4.79 Å². The first-order valence-electron chi connectivity index (χ1n) is 6.46. The molecule has 0 aromatic carbocycles. The van der Waals surface area contributed by atoms with Gasteiger partial charge in [0.1, 0.15) is 0 Å². The van der Waals surface area contributed by atoms with Crippen LogP contribution < -0.4 is 0 Å². The molecule has 1 saturated carbocycles. The Labute approximate surface area is 98.1 Å². The first-order valence-corrected chi connectivity index (χ1v) is 6.46. The van der Waals surface area contributed by atoms with Gasteiger partial charge in [-0.3, -0.25) is 9.69 Å². The second kappa shape index (κ2) is 5.48. The Morgan fingerprint density at radius 2 is 1.69 bits per heavy atom. The Morgan fingerprint density at radius 3 is 2.25 bits per heavy atom. The number of rotatable bonds is 2. The molecule has 1 saturated heterocycles. The molecule has 1 amide bonds. The first-order chi connectivity index (χ1) is 7.81. The molecule has 1 aliphatic carbocycles. The number of nitrogens with zero attached hydrogens (tertiary/aromatic N) is 2. The van der Waals surface area contributed by atoms with E-state index in [1.54, 1.807) is 0 Å². The molecule has 0 N–H and O–H groups in total. The van der Waals surface area contributed by atoms with Crippen molar-refractivity contribution < 1.29 is 4.79 Å². The molecular weight excluding hydrogens is 200 g/mol. The molecule has 2 fully saturated rings. The van der Waals surface area contributed by atoms with Gasteiger partial charge in [0, 0.05) is 32.2 Å². The summed E-state index contributed by atoms with van der Waals surface area (Å²) < 4.78 is 0. The highest BCUT2D eigenvalue weighted by molar-refractivity contribution is 5.87. The van der Waals surface area contributed by atoms with Gasteiger partial charge in [0.15, 0.2) is 0 Å². The fourth-order valence-corrected chi connectivity index (χ4v) is 2.88. The van der Waals surface area contributed by atoms with Gasteiger partial charge in [-0.1, -0.05) is 25.8 Å². The van der Waals surface area contributed by atoms with Crippen molar-refractivity contribution in [3.63, 3.8) is 0 Å². The predicted molar refractivity (Wildman–Crippen MR) is 65.2 cm³/mol. The number of hydrogen-bond donors (Lipinski definition) is 0. The van der Waals surface area contributed by atoms with Crippen molar-refractivity contribution in [1.29, 1.82) is 0 Å². The van der Waals surface area contributed by atoms with E-state index in [9.17, 15) is 4.79 Å². The highest BCUT2D eigenvalue weighted by Gasteiger charge is 2.25. The summed E-state index contributed by atoms with van der Waals surface area (Å²) in [5.74, 6) is 0.0864. The van der Waals surface area contributed by atoms with E-state index in [1.165, 1.54) is 38.2 Å². The van der Waals surface area contributed by atoms with Crippen LogP contribution in [0.4, 0.5) is 0 Å². The Bertz CT molecular complexity index is 251. The lowest BCUT2D eigenvalue weighted by atomic mass is 9.94. The van der Waals surface area contributed by atoms with Gasteiger partial charge in [-0.2, -0.15) is 0 Å². The van der Waals surface area contributed by atoms with Crippen molar-refractivity contribution in [3.8, 4) is 0 Å². The topological polar surface area (TPSA) is 23.6 Å². The molecule has 3 nitrogen and oxygen atoms in total. The summed E-state index contributed by atoms with van der Waals surface area (Å²) in [6.07, 6.45) is 8.32. The van der Waals surface area contributed by atoms with E-state index in [0.29, 0.717) is 0 Å². The van der Waals surface area contributed by atoms with Gasteiger partial charge in [0.05, 0.1) is 0 Å². The van der Waals surface area contributed by atoms with Crippen LogP contribution in [0.5, 0.6) is 0 Å². The van der Waals surface area contributed by atoms with E-state index >= 15 is 0 Å². The summed E-state index contributed by atoms with van der Waals surface area (Å²) in [6.45, 7) is 7.38. The molecule has 0 bridgehead atoms. The van der Waals surface area contributed by atoms with Crippen LogP contribution in [0.2, 0.25) is 0 Å². The normalized spacial score (nSPS) is 24.4. The lowest BCUT2D eigenvalue weighted by Gasteiger charge is -2.40. The van der Waals surface area contributed by atoms with Crippen LogP contribution in [0.1, 0.15) is 32.1 Å². The van der Waals surface area contributed by atoms with Crippen LogP contribution in [0.3, 0.4) is 0 Å². The van der Waals surface area contributed by atoms with E-state index in [0.717, 1.165) is 32.2 Å². The average molecular weight is 222 g/mol. The second-order valence-corrected chi connectivity index (χ2v) is 4.86. The van der Waals surface area contributed by atoms with Crippen LogP contribution in [0.25, 0.3) is 0 Å². The summed E-state index contributed by atoms with van der Waals surface area (Å²) >= 11 is 0. The maximum atomic E-state index is 11.4. The van der Waals surface area contributed by atoms with Crippen LogP contribution in [0, 0.1) is 0 Å². The molecule has 0 aromatic rings. The van der Waals surface area contributed by atoms with Gasteiger partial charge in [-0.15, -0.1) is 0 Å². The smallest absolute Gasteiger partial charge is 0.246 e. The molecule has 2 rings (SSSR count). The molecule has 0 atom stereocenters. The molecule has 1 aliphatic heterocycles. The summed E-state index contributed by atoms with van der Waals surface area (Å²) in [4.78, 5) is 15.9. The first kappa shape index (κ1) is 11.6. The molecule has 0 spiro atoms. The zero-order chi connectivity index (χ0) is 11.4. The third-order valence-corrected chi connectivity index (χ3v) is 3.89. The van der Waals surface area contributed by atoms with Crippen molar-refractivity contribution in [2.45, 2.75) is 38.1 Å². The molecule has 90 valence electrons. The lowest BCUT2D eigenvalue weighted by molar-refractivity contribution is -0.128. The second-order valence-electron chi connectivity index (χ2n) is 4.86. The Morgan fingerprint density at radius 1 is 1.06 bits per heavy atom.